The van der Waals surface area contributed by atoms with E-state index in [2.05, 4.69) is 17.1 Å². The van der Waals surface area contributed by atoms with E-state index in [1.54, 1.807) is 18.5 Å². The van der Waals surface area contributed by atoms with E-state index in [4.69, 9.17) is 18.9 Å². The number of benzene rings is 1. The molecule has 0 bridgehead atoms. The molecular weight excluding hydrogens is 430 g/mol. The molecule has 1 aliphatic carbocycles. The second-order valence-electron chi connectivity index (χ2n) is 7.73. The molecule has 170 valence electrons. The summed E-state index contributed by atoms with van der Waals surface area (Å²) >= 11 is 1.19. The van der Waals surface area contributed by atoms with Crippen molar-refractivity contribution in [2.75, 3.05) is 39.6 Å². The van der Waals surface area contributed by atoms with Gasteiger partial charge < -0.3 is 24.1 Å². The van der Waals surface area contributed by atoms with E-state index in [0.29, 0.717) is 51.1 Å². The Balaban J connectivity index is 1.32. The van der Waals surface area contributed by atoms with Gasteiger partial charge in [0.2, 0.25) is 0 Å². The van der Waals surface area contributed by atoms with Gasteiger partial charge in [0.05, 0.1) is 43.9 Å². The molecule has 0 amide bonds. The lowest BCUT2D eigenvalue weighted by molar-refractivity contribution is 0.0124. The van der Waals surface area contributed by atoms with Crippen LogP contribution in [-0.2, 0) is 19.6 Å². The van der Waals surface area contributed by atoms with Gasteiger partial charge in [-0.15, -0.1) is 11.3 Å². The first kappa shape index (κ1) is 22.7. The van der Waals surface area contributed by atoms with Crippen molar-refractivity contribution in [3.63, 3.8) is 0 Å². The van der Waals surface area contributed by atoms with Crippen LogP contribution in [0.3, 0.4) is 0 Å². The number of hydrogen-bond acceptors (Lipinski definition) is 7. The Morgan fingerprint density at radius 3 is 2.47 bits per heavy atom. The number of carboxylic acids is 1. The van der Waals surface area contributed by atoms with E-state index in [1.165, 1.54) is 16.9 Å². The van der Waals surface area contributed by atoms with E-state index < -0.39 is 5.97 Å². The van der Waals surface area contributed by atoms with Crippen LogP contribution in [0.25, 0.3) is 10.1 Å². The number of carbonyl (C=O) groups is 1. The minimum absolute atomic E-state index is 0.0785. The summed E-state index contributed by atoms with van der Waals surface area (Å²) in [4.78, 5) is 15.7. The number of ether oxygens (including phenoxy) is 4. The zero-order chi connectivity index (χ0) is 22.4. The quantitative estimate of drug-likeness (QED) is 0.366. The molecule has 3 aromatic rings. The number of thiophene rings is 1. The molecule has 1 aliphatic rings. The van der Waals surface area contributed by atoms with Crippen LogP contribution in [0.15, 0.2) is 42.7 Å². The van der Waals surface area contributed by atoms with Crippen LogP contribution >= 0.6 is 11.3 Å². The van der Waals surface area contributed by atoms with Crippen molar-refractivity contribution in [1.82, 2.24) is 4.98 Å². The maximum atomic E-state index is 11.3. The second kappa shape index (κ2) is 10.4. The summed E-state index contributed by atoms with van der Waals surface area (Å²) in [5.74, 6) is 0.286. The lowest BCUT2D eigenvalue weighted by atomic mass is 9.97. The number of hydrogen-bond donors (Lipinski definition) is 1. The Morgan fingerprint density at radius 1 is 1.06 bits per heavy atom. The first-order valence-electron chi connectivity index (χ1n) is 10.7. The molecule has 8 heteroatoms. The van der Waals surface area contributed by atoms with E-state index in [0.717, 1.165) is 22.9 Å². The standard InChI is InChI=1S/C24H27NO6S/c1-2-28-9-10-29-11-12-30-16-24(7-8-24)17-3-5-18(6-4-17)31-20-14-25-15-22-19(20)13-21(32-22)23(26)27/h3-6,13-15H,2,7-12,16H2,1H3,(H,26,27). The molecule has 0 spiro atoms. The third-order valence-electron chi connectivity index (χ3n) is 5.50. The first-order chi connectivity index (χ1) is 15.6. The number of fused-ring (bicyclic) bond motifs is 1. The van der Waals surface area contributed by atoms with Crippen LogP contribution < -0.4 is 4.74 Å². The predicted molar refractivity (Wildman–Crippen MR) is 122 cm³/mol. The number of nitrogens with zero attached hydrogens (tertiary/aromatic N) is 1. The third-order valence-corrected chi connectivity index (χ3v) is 6.55. The Morgan fingerprint density at radius 2 is 1.78 bits per heavy atom. The van der Waals surface area contributed by atoms with E-state index in [-0.39, 0.29) is 10.3 Å². The second-order valence-corrected chi connectivity index (χ2v) is 8.82. The highest BCUT2D eigenvalue weighted by molar-refractivity contribution is 7.20. The Kier molecular flexibility index (Phi) is 7.36. The van der Waals surface area contributed by atoms with Gasteiger partial charge in [0, 0.05) is 23.6 Å². The third kappa shape index (κ3) is 5.45. The molecule has 0 aliphatic heterocycles. The van der Waals surface area contributed by atoms with Gasteiger partial charge in [0.1, 0.15) is 10.6 Å². The summed E-state index contributed by atoms with van der Waals surface area (Å²) in [7, 11) is 0. The van der Waals surface area contributed by atoms with Gasteiger partial charge in [0.25, 0.3) is 0 Å². The number of carboxylic acid groups (broad SMARTS) is 1. The van der Waals surface area contributed by atoms with Gasteiger partial charge in [-0.1, -0.05) is 12.1 Å². The monoisotopic (exact) mass is 457 g/mol. The molecule has 1 saturated carbocycles. The molecule has 32 heavy (non-hydrogen) atoms. The molecule has 4 rings (SSSR count). The highest BCUT2D eigenvalue weighted by Gasteiger charge is 2.44. The van der Waals surface area contributed by atoms with Gasteiger partial charge in [0.15, 0.2) is 5.75 Å². The molecule has 2 aromatic heterocycles. The van der Waals surface area contributed by atoms with Gasteiger partial charge in [-0.25, -0.2) is 4.79 Å². The zero-order valence-electron chi connectivity index (χ0n) is 18.0. The molecule has 1 N–H and O–H groups in total. The maximum absolute atomic E-state index is 11.3. The van der Waals surface area contributed by atoms with E-state index >= 15 is 0 Å². The number of aromatic nitrogens is 1. The molecule has 0 atom stereocenters. The summed E-state index contributed by atoms with van der Waals surface area (Å²) in [6.07, 6.45) is 5.48. The fraction of sp³-hybridized carbons (Fsp3) is 0.417. The number of aromatic carboxylic acids is 1. The van der Waals surface area contributed by atoms with E-state index in [1.807, 2.05) is 19.1 Å². The first-order valence-corrected chi connectivity index (χ1v) is 11.6. The van der Waals surface area contributed by atoms with Gasteiger partial charge in [-0.2, -0.15) is 0 Å². The van der Waals surface area contributed by atoms with Crippen molar-refractivity contribution in [2.45, 2.75) is 25.2 Å². The zero-order valence-corrected chi connectivity index (χ0v) is 18.9. The summed E-state index contributed by atoms with van der Waals surface area (Å²) in [5.41, 5.74) is 1.32. The Bertz CT molecular complexity index is 1040. The molecule has 2 heterocycles. The molecule has 7 nitrogen and oxygen atoms in total. The van der Waals surface area contributed by atoms with Crippen LogP contribution in [0.4, 0.5) is 0 Å². The van der Waals surface area contributed by atoms with Crippen LogP contribution in [0, 0.1) is 0 Å². The fourth-order valence-electron chi connectivity index (χ4n) is 3.54. The van der Waals surface area contributed by atoms with Crippen molar-refractivity contribution in [1.29, 1.82) is 0 Å². The van der Waals surface area contributed by atoms with Crippen LogP contribution in [0.1, 0.15) is 35.0 Å². The van der Waals surface area contributed by atoms with Gasteiger partial charge in [-0.05, 0) is 43.5 Å². The van der Waals surface area contributed by atoms with Crippen molar-refractivity contribution in [2.24, 2.45) is 0 Å². The van der Waals surface area contributed by atoms with Gasteiger partial charge >= 0.3 is 5.97 Å². The van der Waals surface area contributed by atoms with Crippen LogP contribution in [0.5, 0.6) is 11.5 Å². The average Bonchev–Trinajstić information content (AvgIpc) is 3.44. The molecule has 1 aromatic carbocycles. The minimum atomic E-state index is -0.949. The summed E-state index contributed by atoms with van der Waals surface area (Å²) in [6.45, 7) is 5.71. The SMILES string of the molecule is CCOCCOCCOCC1(c2ccc(Oc3cncc4sc(C(=O)O)cc34)cc2)CC1. The van der Waals surface area contributed by atoms with Crippen molar-refractivity contribution in [3.8, 4) is 11.5 Å². The van der Waals surface area contributed by atoms with E-state index in [9.17, 15) is 9.90 Å². The Hall–Kier alpha value is -2.52. The summed E-state index contributed by atoms with van der Waals surface area (Å²) < 4.78 is 23.4. The van der Waals surface area contributed by atoms with Gasteiger partial charge in [-0.3, -0.25) is 4.98 Å². The van der Waals surface area contributed by atoms with Crippen molar-refractivity contribution >= 4 is 27.4 Å². The van der Waals surface area contributed by atoms with Crippen LogP contribution in [0.2, 0.25) is 0 Å². The highest BCUT2D eigenvalue weighted by Crippen LogP contribution is 2.48. The average molecular weight is 458 g/mol. The molecule has 1 fully saturated rings. The summed E-state index contributed by atoms with van der Waals surface area (Å²) in [5, 5.41) is 9.99. The smallest absolute Gasteiger partial charge is 0.345 e. The molecular formula is C24H27NO6S. The lowest BCUT2D eigenvalue weighted by Crippen LogP contribution is -2.18. The molecule has 0 unspecified atom stereocenters. The Labute approximate surface area is 190 Å². The number of rotatable bonds is 13. The topological polar surface area (TPSA) is 87.1 Å². The summed E-state index contributed by atoms with van der Waals surface area (Å²) in [6, 6.07) is 9.66. The molecule has 0 saturated heterocycles. The maximum Gasteiger partial charge on any atom is 0.345 e. The van der Waals surface area contributed by atoms with Crippen molar-refractivity contribution < 1.29 is 28.8 Å². The largest absolute Gasteiger partial charge is 0.477 e. The normalized spacial score (nSPS) is 14.5. The fourth-order valence-corrected chi connectivity index (χ4v) is 4.43. The predicted octanol–water partition coefficient (Wildman–Crippen LogP) is 4.89. The number of pyridine rings is 1. The highest BCUT2D eigenvalue weighted by atomic mass is 32.1. The lowest BCUT2D eigenvalue weighted by Gasteiger charge is -2.17. The molecule has 0 radical (unpaired) electrons. The van der Waals surface area contributed by atoms with Crippen LogP contribution in [-0.4, -0.2) is 55.7 Å². The minimum Gasteiger partial charge on any atom is -0.477 e. The van der Waals surface area contributed by atoms with Crippen molar-refractivity contribution in [3.05, 3.63) is 53.2 Å².